The van der Waals surface area contributed by atoms with Crippen LogP contribution in [0.2, 0.25) is 0 Å². The van der Waals surface area contributed by atoms with Crippen LogP contribution in [0.1, 0.15) is 11.7 Å². The molecule has 0 aliphatic carbocycles. The van der Waals surface area contributed by atoms with Gasteiger partial charge in [0, 0.05) is 20.1 Å². The summed E-state index contributed by atoms with van der Waals surface area (Å²) in [6.07, 6.45) is -0.819. The number of H-pyrrole nitrogens is 1. The first-order chi connectivity index (χ1) is 13.1. The third-order valence-electron chi connectivity index (χ3n) is 4.82. The number of rotatable bonds is 4. The second kappa shape index (κ2) is 7.01. The number of ether oxygens (including phenoxy) is 1. The lowest BCUT2D eigenvalue weighted by molar-refractivity contribution is 0.120. The Balaban J connectivity index is 1.86. The minimum absolute atomic E-state index is 0.147. The van der Waals surface area contributed by atoms with E-state index in [9.17, 15) is 14.7 Å². The lowest BCUT2D eigenvalue weighted by Gasteiger charge is -2.28. The molecule has 0 bridgehead atoms. The monoisotopic (exact) mass is 371 g/mol. The van der Waals surface area contributed by atoms with Gasteiger partial charge >= 0.3 is 5.69 Å². The van der Waals surface area contributed by atoms with Gasteiger partial charge in [0.1, 0.15) is 0 Å². The molecule has 1 aromatic carbocycles. The maximum Gasteiger partial charge on any atom is 0.329 e. The van der Waals surface area contributed by atoms with E-state index >= 15 is 0 Å². The minimum Gasteiger partial charge on any atom is -0.387 e. The number of aliphatic hydroxyl groups is 1. The molecule has 0 spiro atoms. The Hall–Kier alpha value is -2.91. The lowest BCUT2D eigenvalue weighted by atomic mass is 10.1. The SMILES string of the molecule is Cn1c(=O)[nH]c(=O)c2c1nc(N1CCOCC1)n2CC(O)c1ccccc1. The van der Waals surface area contributed by atoms with Crippen LogP contribution < -0.4 is 16.1 Å². The summed E-state index contributed by atoms with van der Waals surface area (Å²) in [5, 5.41) is 10.7. The number of aryl methyl sites for hydroxylation is 1. The van der Waals surface area contributed by atoms with Crippen molar-refractivity contribution in [1.29, 1.82) is 0 Å². The normalized spacial score (nSPS) is 16.0. The summed E-state index contributed by atoms with van der Waals surface area (Å²) in [6, 6.07) is 9.24. The highest BCUT2D eigenvalue weighted by molar-refractivity contribution is 5.74. The Kier molecular flexibility index (Phi) is 4.54. The molecule has 1 atom stereocenters. The number of benzene rings is 1. The van der Waals surface area contributed by atoms with Crippen molar-refractivity contribution < 1.29 is 9.84 Å². The van der Waals surface area contributed by atoms with E-state index in [0.29, 0.717) is 37.9 Å². The molecule has 0 amide bonds. The maximum atomic E-state index is 12.5. The van der Waals surface area contributed by atoms with Crippen molar-refractivity contribution in [1.82, 2.24) is 19.1 Å². The standard InChI is InChI=1S/C18H21N5O4/c1-21-15-14(16(25)20-18(21)26)23(11-13(24)12-5-3-2-4-6-12)17(19-15)22-7-9-27-10-8-22/h2-6,13,24H,7-11H2,1H3,(H,20,25,26). The van der Waals surface area contributed by atoms with Crippen LogP contribution in [0.4, 0.5) is 5.95 Å². The zero-order chi connectivity index (χ0) is 19.0. The average Bonchev–Trinajstić information content (AvgIpc) is 3.07. The molecule has 4 rings (SSSR count). The van der Waals surface area contributed by atoms with Crippen LogP contribution in [0.15, 0.2) is 39.9 Å². The molecule has 0 saturated carbocycles. The van der Waals surface area contributed by atoms with Crippen molar-refractivity contribution in [3.63, 3.8) is 0 Å². The van der Waals surface area contributed by atoms with Crippen LogP contribution in [0, 0.1) is 0 Å². The molecule has 1 aliphatic heterocycles. The van der Waals surface area contributed by atoms with Gasteiger partial charge in [-0.15, -0.1) is 0 Å². The second-order valence-corrected chi connectivity index (χ2v) is 6.54. The Morgan fingerprint density at radius 1 is 1.22 bits per heavy atom. The van der Waals surface area contributed by atoms with E-state index in [0.717, 1.165) is 5.56 Å². The van der Waals surface area contributed by atoms with Crippen molar-refractivity contribution in [2.45, 2.75) is 12.6 Å². The van der Waals surface area contributed by atoms with Crippen molar-refractivity contribution >= 4 is 17.1 Å². The summed E-state index contributed by atoms with van der Waals surface area (Å²) >= 11 is 0. The zero-order valence-electron chi connectivity index (χ0n) is 15.0. The van der Waals surface area contributed by atoms with Gasteiger partial charge in [-0.3, -0.25) is 14.3 Å². The van der Waals surface area contributed by atoms with Crippen molar-refractivity contribution in [3.8, 4) is 0 Å². The number of nitrogens with one attached hydrogen (secondary N) is 1. The summed E-state index contributed by atoms with van der Waals surface area (Å²) in [5.74, 6) is 0.551. The lowest BCUT2D eigenvalue weighted by Crippen LogP contribution is -2.38. The van der Waals surface area contributed by atoms with E-state index in [-0.39, 0.29) is 12.1 Å². The van der Waals surface area contributed by atoms with Crippen LogP contribution in [-0.2, 0) is 18.3 Å². The van der Waals surface area contributed by atoms with Crippen LogP contribution in [0.3, 0.4) is 0 Å². The number of morpholine rings is 1. The van der Waals surface area contributed by atoms with E-state index in [4.69, 9.17) is 4.74 Å². The third kappa shape index (κ3) is 3.15. The molecule has 1 fully saturated rings. The third-order valence-corrected chi connectivity index (χ3v) is 4.82. The number of aromatic amines is 1. The average molecular weight is 371 g/mol. The first kappa shape index (κ1) is 17.5. The molecule has 9 heteroatoms. The first-order valence-corrected chi connectivity index (χ1v) is 8.81. The van der Waals surface area contributed by atoms with Gasteiger partial charge in [-0.25, -0.2) is 4.79 Å². The van der Waals surface area contributed by atoms with E-state index in [2.05, 4.69) is 9.97 Å². The van der Waals surface area contributed by atoms with Crippen LogP contribution in [-0.4, -0.2) is 50.5 Å². The number of aliphatic hydroxyl groups excluding tert-OH is 1. The maximum absolute atomic E-state index is 12.5. The molecule has 1 aliphatic rings. The van der Waals surface area contributed by atoms with Gasteiger partial charge in [0.15, 0.2) is 11.2 Å². The molecule has 3 heterocycles. The fraction of sp³-hybridized carbons (Fsp3) is 0.389. The van der Waals surface area contributed by atoms with E-state index in [1.165, 1.54) is 4.57 Å². The van der Waals surface area contributed by atoms with Crippen LogP contribution in [0.25, 0.3) is 11.2 Å². The molecule has 2 N–H and O–H groups in total. The quantitative estimate of drug-likeness (QED) is 0.669. The Morgan fingerprint density at radius 3 is 2.63 bits per heavy atom. The van der Waals surface area contributed by atoms with Crippen LogP contribution >= 0.6 is 0 Å². The zero-order valence-corrected chi connectivity index (χ0v) is 15.0. The summed E-state index contributed by atoms with van der Waals surface area (Å²) < 4.78 is 8.40. The van der Waals surface area contributed by atoms with Gasteiger partial charge in [0.2, 0.25) is 5.95 Å². The van der Waals surface area contributed by atoms with Gasteiger partial charge in [0.25, 0.3) is 5.56 Å². The van der Waals surface area contributed by atoms with Crippen LogP contribution in [0.5, 0.6) is 0 Å². The molecular formula is C18H21N5O4. The molecule has 142 valence electrons. The Morgan fingerprint density at radius 2 is 1.93 bits per heavy atom. The highest BCUT2D eigenvalue weighted by atomic mass is 16.5. The first-order valence-electron chi connectivity index (χ1n) is 8.81. The summed E-state index contributed by atoms with van der Waals surface area (Å²) in [5.41, 5.74) is 0.280. The smallest absolute Gasteiger partial charge is 0.329 e. The molecular weight excluding hydrogens is 350 g/mol. The largest absolute Gasteiger partial charge is 0.387 e. The number of hydrogen-bond donors (Lipinski definition) is 2. The van der Waals surface area contributed by atoms with Crippen molar-refractivity contribution in [3.05, 3.63) is 56.7 Å². The molecule has 9 nitrogen and oxygen atoms in total. The van der Waals surface area contributed by atoms with E-state index in [1.54, 1.807) is 11.6 Å². The predicted molar refractivity (Wildman–Crippen MR) is 100 cm³/mol. The highest BCUT2D eigenvalue weighted by Gasteiger charge is 2.24. The summed E-state index contributed by atoms with van der Waals surface area (Å²) in [6.45, 7) is 2.50. The molecule has 1 unspecified atom stereocenters. The second-order valence-electron chi connectivity index (χ2n) is 6.54. The topological polar surface area (TPSA) is 105 Å². The predicted octanol–water partition coefficient (Wildman–Crippen LogP) is -0.00650. The number of hydrogen-bond acceptors (Lipinski definition) is 6. The summed E-state index contributed by atoms with van der Waals surface area (Å²) in [7, 11) is 1.56. The number of aromatic nitrogens is 4. The molecule has 0 radical (unpaired) electrons. The van der Waals surface area contributed by atoms with Crippen molar-refractivity contribution in [2.75, 3.05) is 31.2 Å². The van der Waals surface area contributed by atoms with Gasteiger partial charge in [-0.05, 0) is 5.56 Å². The van der Waals surface area contributed by atoms with Gasteiger partial charge in [0.05, 0.1) is 25.9 Å². The van der Waals surface area contributed by atoms with Gasteiger partial charge < -0.3 is 19.3 Å². The minimum atomic E-state index is -0.819. The Bertz CT molecular complexity index is 1060. The Labute approximate surface area is 154 Å². The van der Waals surface area contributed by atoms with Gasteiger partial charge in [-0.2, -0.15) is 4.98 Å². The summed E-state index contributed by atoms with van der Waals surface area (Å²) in [4.78, 5) is 33.4. The van der Waals surface area contributed by atoms with Gasteiger partial charge in [-0.1, -0.05) is 30.3 Å². The van der Waals surface area contributed by atoms with Crippen molar-refractivity contribution in [2.24, 2.45) is 7.05 Å². The number of nitrogens with zero attached hydrogens (tertiary/aromatic N) is 4. The number of fused-ring (bicyclic) bond motifs is 1. The fourth-order valence-electron chi connectivity index (χ4n) is 3.35. The highest BCUT2D eigenvalue weighted by Crippen LogP contribution is 2.24. The number of anilines is 1. The fourth-order valence-corrected chi connectivity index (χ4v) is 3.35. The molecule has 2 aromatic heterocycles. The molecule has 27 heavy (non-hydrogen) atoms. The number of imidazole rings is 1. The molecule has 1 saturated heterocycles. The van der Waals surface area contributed by atoms with E-state index in [1.807, 2.05) is 35.2 Å². The van der Waals surface area contributed by atoms with E-state index < -0.39 is 17.4 Å². The molecule has 3 aromatic rings.